The first-order valence-electron chi connectivity index (χ1n) is 3.52. The van der Waals surface area contributed by atoms with Gasteiger partial charge in [0.15, 0.2) is 0 Å². The lowest BCUT2D eigenvalue weighted by atomic mass is 10.6. The number of hydrogen-bond acceptors (Lipinski definition) is 4. The predicted octanol–water partition coefficient (Wildman–Crippen LogP) is -0.692. The van der Waals surface area contributed by atoms with Gasteiger partial charge in [-0.3, -0.25) is 4.99 Å². The molecule has 1 saturated carbocycles. The number of allylic oxidation sites excluding steroid dienone is 1. The second kappa shape index (κ2) is 3.24. The van der Waals surface area contributed by atoms with Crippen molar-refractivity contribution in [1.29, 1.82) is 0 Å². The molecular formula is C6H11N3O2S. The molecule has 0 radical (unpaired) electrons. The highest BCUT2D eigenvalue weighted by Gasteiger charge is 2.20. The quantitative estimate of drug-likeness (QED) is 0.575. The van der Waals surface area contributed by atoms with E-state index < -0.39 is 10.0 Å². The first-order valence-corrected chi connectivity index (χ1v) is 5.06. The molecule has 0 saturated heterocycles. The fourth-order valence-electron chi connectivity index (χ4n) is 0.614. The third-order valence-corrected chi connectivity index (χ3v) is 2.35. The highest BCUT2D eigenvalue weighted by molar-refractivity contribution is 7.93. The number of nitrogens with two attached hydrogens (primary N) is 2. The summed E-state index contributed by atoms with van der Waals surface area (Å²) in [7, 11) is -3.70. The highest BCUT2D eigenvalue weighted by atomic mass is 32.2. The second-order valence-electron chi connectivity index (χ2n) is 2.62. The SMILES string of the molecule is N/C=C(\C=NC1CC1)S(N)(=O)=O. The van der Waals surface area contributed by atoms with Crippen molar-refractivity contribution in [3.8, 4) is 0 Å². The Morgan fingerprint density at radius 2 is 2.08 bits per heavy atom. The van der Waals surface area contributed by atoms with Crippen LogP contribution in [0, 0.1) is 0 Å². The summed E-state index contributed by atoms with van der Waals surface area (Å²) in [5.74, 6) is 0. The predicted molar refractivity (Wildman–Crippen MR) is 46.9 cm³/mol. The maximum atomic E-state index is 10.7. The molecule has 5 nitrogen and oxygen atoms in total. The van der Waals surface area contributed by atoms with Crippen molar-refractivity contribution in [1.82, 2.24) is 0 Å². The average Bonchev–Trinajstić information content (AvgIpc) is 2.69. The molecule has 0 atom stereocenters. The van der Waals surface area contributed by atoms with Crippen molar-refractivity contribution in [2.24, 2.45) is 15.9 Å². The van der Waals surface area contributed by atoms with Gasteiger partial charge in [0.2, 0.25) is 10.0 Å². The van der Waals surface area contributed by atoms with Crippen LogP contribution < -0.4 is 10.9 Å². The van der Waals surface area contributed by atoms with Crippen LogP contribution in [-0.4, -0.2) is 20.7 Å². The van der Waals surface area contributed by atoms with E-state index in [1.807, 2.05) is 0 Å². The van der Waals surface area contributed by atoms with Crippen LogP contribution in [0.4, 0.5) is 0 Å². The Morgan fingerprint density at radius 1 is 1.50 bits per heavy atom. The minimum absolute atomic E-state index is 0.130. The van der Waals surface area contributed by atoms with Crippen molar-refractivity contribution in [2.75, 3.05) is 0 Å². The van der Waals surface area contributed by atoms with E-state index in [1.165, 1.54) is 6.21 Å². The first kappa shape index (κ1) is 9.21. The van der Waals surface area contributed by atoms with E-state index in [0.29, 0.717) is 0 Å². The summed E-state index contributed by atoms with van der Waals surface area (Å²) < 4.78 is 21.5. The van der Waals surface area contributed by atoms with Gasteiger partial charge in [-0.1, -0.05) is 0 Å². The van der Waals surface area contributed by atoms with Gasteiger partial charge < -0.3 is 5.73 Å². The molecule has 1 aliphatic carbocycles. The molecule has 0 amide bonds. The summed E-state index contributed by atoms with van der Waals surface area (Å²) in [6, 6.07) is 0.265. The van der Waals surface area contributed by atoms with E-state index >= 15 is 0 Å². The van der Waals surface area contributed by atoms with Crippen molar-refractivity contribution in [3.63, 3.8) is 0 Å². The standard InChI is InChI=1S/C6H11N3O2S/c7-3-6(12(8,10)11)4-9-5-1-2-5/h3-5H,1-2,7H2,(H2,8,10,11)/b6-3+,9-4?. The molecule has 0 unspecified atom stereocenters. The summed E-state index contributed by atoms with van der Waals surface area (Å²) in [4.78, 5) is 3.81. The summed E-state index contributed by atoms with van der Waals surface area (Å²) in [5, 5.41) is 4.83. The third kappa shape index (κ3) is 2.63. The molecular weight excluding hydrogens is 178 g/mol. The van der Waals surface area contributed by atoms with Gasteiger partial charge >= 0.3 is 0 Å². The third-order valence-electron chi connectivity index (χ3n) is 1.45. The van der Waals surface area contributed by atoms with Gasteiger partial charge in [0.25, 0.3) is 0 Å². The Hall–Kier alpha value is -0.880. The molecule has 0 bridgehead atoms. The van der Waals surface area contributed by atoms with Crippen LogP contribution in [0.5, 0.6) is 0 Å². The van der Waals surface area contributed by atoms with Crippen LogP contribution in [0.3, 0.4) is 0 Å². The minimum atomic E-state index is -3.70. The first-order chi connectivity index (χ1) is 5.54. The van der Waals surface area contributed by atoms with Gasteiger partial charge in [0.05, 0.1) is 6.04 Å². The fourth-order valence-corrected chi connectivity index (χ4v) is 1.01. The molecule has 1 aliphatic rings. The lowest BCUT2D eigenvalue weighted by molar-refractivity contribution is 0.605. The van der Waals surface area contributed by atoms with Gasteiger partial charge in [-0.15, -0.1) is 0 Å². The van der Waals surface area contributed by atoms with Crippen LogP contribution in [0.1, 0.15) is 12.8 Å². The van der Waals surface area contributed by atoms with Crippen molar-refractivity contribution < 1.29 is 8.42 Å². The highest BCUT2D eigenvalue weighted by Crippen LogP contribution is 2.23. The molecule has 0 aromatic heterocycles. The molecule has 0 aromatic carbocycles. The van der Waals surface area contributed by atoms with Gasteiger partial charge in [0.1, 0.15) is 4.91 Å². The molecule has 6 heteroatoms. The van der Waals surface area contributed by atoms with Crippen molar-refractivity contribution in [3.05, 3.63) is 11.1 Å². The minimum Gasteiger partial charge on any atom is -0.403 e. The molecule has 4 N–H and O–H groups in total. The number of primary sulfonamides is 1. The van der Waals surface area contributed by atoms with Gasteiger partial charge in [-0.25, -0.2) is 13.6 Å². The summed E-state index contributed by atoms with van der Waals surface area (Å²) in [6.45, 7) is 0. The Balaban J connectivity index is 2.70. The number of rotatable bonds is 3. The zero-order chi connectivity index (χ0) is 9.19. The van der Waals surface area contributed by atoms with E-state index in [0.717, 1.165) is 19.0 Å². The lowest BCUT2D eigenvalue weighted by Gasteiger charge is -1.94. The van der Waals surface area contributed by atoms with Crippen LogP contribution >= 0.6 is 0 Å². The summed E-state index contributed by atoms with van der Waals surface area (Å²) >= 11 is 0. The second-order valence-corrected chi connectivity index (χ2v) is 4.18. The number of hydrogen-bond donors (Lipinski definition) is 2. The molecule has 12 heavy (non-hydrogen) atoms. The Bertz CT molecular complexity index is 314. The van der Waals surface area contributed by atoms with Crippen LogP contribution in [0.2, 0.25) is 0 Å². The molecule has 1 rings (SSSR count). The Kier molecular flexibility index (Phi) is 2.49. The van der Waals surface area contributed by atoms with E-state index in [2.05, 4.69) is 4.99 Å². The van der Waals surface area contributed by atoms with Crippen LogP contribution in [0.25, 0.3) is 0 Å². The number of nitrogens with zero attached hydrogens (tertiary/aromatic N) is 1. The van der Waals surface area contributed by atoms with Gasteiger partial charge in [-0.2, -0.15) is 0 Å². The number of aliphatic imine (C=N–C) groups is 1. The maximum absolute atomic E-state index is 10.7. The van der Waals surface area contributed by atoms with Gasteiger partial charge in [-0.05, 0) is 12.8 Å². The molecule has 68 valence electrons. The zero-order valence-electron chi connectivity index (χ0n) is 6.47. The molecule has 0 heterocycles. The molecule has 0 aromatic rings. The van der Waals surface area contributed by atoms with Gasteiger partial charge in [0, 0.05) is 12.4 Å². The topological polar surface area (TPSA) is 98.5 Å². The Morgan fingerprint density at radius 3 is 2.42 bits per heavy atom. The van der Waals surface area contributed by atoms with E-state index in [1.54, 1.807) is 0 Å². The van der Waals surface area contributed by atoms with E-state index in [4.69, 9.17) is 10.9 Å². The Labute approximate surface area is 71.2 Å². The van der Waals surface area contributed by atoms with Crippen LogP contribution in [0.15, 0.2) is 16.1 Å². The molecule has 0 spiro atoms. The van der Waals surface area contributed by atoms with E-state index in [-0.39, 0.29) is 10.9 Å². The monoisotopic (exact) mass is 189 g/mol. The molecule has 1 fully saturated rings. The van der Waals surface area contributed by atoms with Crippen LogP contribution in [-0.2, 0) is 10.0 Å². The van der Waals surface area contributed by atoms with E-state index in [9.17, 15) is 8.42 Å². The van der Waals surface area contributed by atoms with Crippen molar-refractivity contribution >= 4 is 16.2 Å². The molecule has 0 aliphatic heterocycles. The van der Waals surface area contributed by atoms with Crippen molar-refractivity contribution in [2.45, 2.75) is 18.9 Å². The smallest absolute Gasteiger partial charge is 0.240 e. The maximum Gasteiger partial charge on any atom is 0.240 e. The normalized spacial score (nSPS) is 20.2. The lowest BCUT2D eigenvalue weighted by Crippen LogP contribution is -2.16. The number of sulfonamides is 1. The fraction of sp³-hybridized carbons (Fsp3) is 0.500. The summed E-state index contributed by atoms with van der Waals surface area (Å²) in [6.07, 6.45) is 4.19. The average molecular weight is 189 g/mol. The summed E-state index contributed by atoms with van der Waals surface area (Å²) in [5.41, 5.74) is 5.05. The zero-order valence-corrected chi connectivity index (χ0v) is 7.29. The largest absolute Gasteiger partial charge is 0.403 e.